The topological polar surface area (TPSA) is 50.2 Å². The van der Waals surface area contributed by atoms with Crippen molar-refractivity contribution in [3.8, 4) is 5.69 Å². The van der Waals surface area contributed by atoms with Crippen LogP contribution in [0, 0.1) is 13.8 Å². The summed E-state index contributed by atoms with van der Waals surface area (Å²) in [5.74, 6) is 0.183. The van der Waals surface area contributed by atoms with Crippen LogP contribution in [-0.2, 0) is 11.2 Å². The van der Waals surface area contributed by atoms with Crippen LogP contribution in [0.15, 0.2) is 24.3 Å². The highest BCUT2D eigenvalue weighted by molar-refractivity contribution is 6.30. The van der Waals surface area contributed by atoms with E-state index in [1.807, 2.05) is 54.7 Å². The molecule has 2 fully saturated rings. The van der Waals surface area contributed by atoms with Crippen molar-refractivity contribution in [2.45, 2.75) is 64.1 Å². The Morgan fingerprint density at radius 1 is 1.22 bits per heavy atom. The van der Waals surface area contributed by atoms with Crippen LogP contribution in [0.5, 0.6) is 0 Å². The summed E-state index contributed by atoms with van der Waals surface area (Å²) in [4.78, 5) is 15.0. The molecule has 2 saturated heterocycles. The Hall–Kier alpha value is -1.85. The number of carbonyl (C=O) groups is 1. The molecule has 2 atom stereocenters. The van der Waals surface area contributed by atoms with Crippen LogP contribution in [0.2, 0.25) is 5.02 Å². The highest BCUT2D eigenvalue weighted by Gasteiger charge is 2.36. The minimum atomic E-state index is 0.183. The summed E-state index contributed by atoms with van der Waals surface area (Å²) in [5.41, 5.74) is 3.91. The molecule has 4 rings (SSSR count). The van der Waals surface area contributed by atoms with E-state index in [9.17, 15) is 4.79 Å². The lowest BCUT2D eigenvalue weighted by molar-refractivity contribution is -0.131. The Morgan fingerprint density at radius 3 is 2.48 bits per heavy atom. The minimum Gasteiger partial charge on any atom is -0.342 e. The highest BCUT2D eigenvalue weighted by atomic mass is 35.5. The van der Waals surface area contributed by atoms with Gasteiger partial charge in [-0.25, -0.2) is 4.68 Å². The van der Waals surface area contributed by atoms with E-state index in [1.165, 1.54) is 12.8 Å². The van der Waals surface area contributed by atoms with Crippen LogP contribution in [0.4, 0.5) is 0 Å². The Morgan fingerprint density at radius 2 is 1.85 bits per heavy atom. The lowest BCUT2D eigenvalue weighted by atomic mass is 9.98. The van der Waals surface area contributed by atoms with Gasteiger partial charge in [0.05, 0.1) is 17.8 Å². The predicted octanol–water partition coefficient (Wildman–Crippen LogP) is 3.43. The molecule has 144 valence electrons. The van der Waals surface area contributed by atoms with Crippen molar-refractivity contribution in [3.05, 3.63) is 46.2 Å². The Bertz CT molecular complexity index is 833. The number of nitrogens with zero attached hydrogens (tertiary/aromatic N) is 3. The first-order valence-electron chi connectivity index (χ1n) is 9.75. The molecule has 2 aliphatic rings. The number of hydrogen-bond acceptors (Lipinski definition) is 3. The van der Waals surface area contributed by atoms with E-state index in [2.05, 4.69) is 10.4 Å². The molecule has 1 amide bonds. The van der Waals surface area contributed by atoms with Gasteiger partial charge in [0.2, 0.25) is 5.91 Å². The van der Waals surface area contributed by atoms with Gasteiger partial charge in [-0.1, -0.05) is 11.6 Å². The molecule has 0 spiro atoms. The first-order chi connectivity index (χ1) is 12.9. The van der Waals surface area contributed by atoms with Gasteiger partial charge in [-0.3, -0.25) is 4.79 Å². The Labute approximate surface area is 165 Å². The van der Waals surface area contributed by atoms with E-state index in [0.717, 1.165) is 35.5 Å². The second-order valence-electron chi connectivity index (χ2n) is 7.98. The number of rotatable bonds is 4. The first-order valence-corrected chi connectivity index (χ1v) is 10.1. The molecule has 2 bridgehead atoms. The van der Waals surface area contributed by atoms with Crippen molar-refractivity contribution in [2.24, 2.45) is 0 Å². The van der Waals surface area contributed by atoms with Gasteiger partial charge in [0, 0.05) is 41.5 Å². The van der Waals surface area contributed by atoms with Crippen LogP contribution in [0.3, 0.4) is 0 Å². The van der Waals surface area contributed by atoms with E-state index >= 15 is 0 Å². The molecule has 1 aromatic carbocycles. The number of amides is 1. The number of benzene rings is 1. The maximum Gasteiger partial charge on any atom is 0.227 e. The van der Waals surface area contributed by atoms with Crippen molar-refractivity contribution in [2.75, 3.05) is 7.05 Å². The molecule has 6 heteroatoms. The van der Waals surface area contributed by atoms with Gasteiger partial charge in [0.15, 0.2) is 0 Å². The summed E-state index contributed by atoms with van der Waals surface area (Å²) < 4.78 is 1.90. The smallest absolute Gasteiger partial charge is 0.227 e. The summed E-state index contributed by atoms with van der Waals surface area (Å²) in [6, 6.07) is 9.13. The molecule has 2 aliphatic heterocycles. The number of halogens is 1. The van der Waals surface area contributed by atoms with E-state index in [4.69, 9.17) is 11.6 Å². The van der Waals surface area contributed by atoms with E-state index in [-0.39, 0.29) is 5.91 Å². The molecule has 0 radical (unpaired) electrons. The molecular formula is C21H27ClN4O. The average molecular weight is 387 g/mol. The maximum atomic E-state index is 13.0. The summed E-state index contributed by atoms with van der Waals surface area (Å²) in [6.07, 6.45) is 5.03. The Kier molecular flexibility index (Phi) is 4.99. The van der Waals surface area contributed by atoms with Crippen molar-refractivity contribution < 1.29 is 4.79 Å². The van der Waals surface area contributed by atoms with E-state index < -0.39 is 0 Å². The maximum absolute atomic E-state index is 13.0. The molecule has 27 heavy (non-hydrogen) atoms. The quantitative estimate of drug-likeness (QED) is 0.875. The fourth-order valence-corrected chi connectivity index (χ4v) is 4.71. The van der Waals surface area contributed by atoms with E-state index in [1.54, 1.807) is 0 Å². The Balaban J connectivity index is 1.50. The fraction of sp³-hybridized carbons (Fsp3) is 0.524. The zero-order valence-corrected chi connectivity index (χ0v) is 17.0. The van der Waals surface area contributed by atoms with Crippen LogP contribution >= 0.6 is 11.6 Å². The van der Waals surface area contributed by atoms with Crippen LogP contribution in [0.1, 0.15) is 42.6 Å². The monoisotopic (exact) mass is 386 g/mol. The lowest BCUT2D eigenvalue weighted by Gasteiger charge is -2.35. The third-order valence-electron chi connectivity index (χ3n) is 6.23. The number of nitrogens with one attached hydrogen (secondary N) is 1. The number of carbonyl (C=O) groups excluding carboxylic acids is 1. The van der Waals surface area contributed by atoms with Crippen LogP contribution in [-0.4, -0.2) is 45.8 Å². The number of hydrogen-bond donors (Lipinski definition) is 1. The SMILES string of the molecule is Cc1nn(-c2ccc(Cl)cc2)c(C)c1CC(=O)N(C)C1CC2CCC(C1)N2. The summed E-state index contributed by atoms with van der Waals surface area (Å²) in [7, 11) is 1.96. The first kappa shape index (κ1) is 18.5. The second kappa shape index (κ2) is 7.28. The molecule has 1 aromatic heterocycles. The van der Waals surface area contributed by atoms with Crippen molar-refractivity contribution in [3.63, 3.8) is 0 Å². The largest absolute Gasteiger partial charge is 0.342 e. The standard InChI is InChI=1S/C21H27ClN4O/c1-13-20(14(2)26(24-13)18-8-4-15(22)5-9-18)12-21(27)25(3)19-10-16-6-7-17(11-19)23-16/h4-5,8-9,16-17,19,23H,6-7,10-12H2,1-3H3. The van der Waals surface area contributed by atoms with Crippen LogP contribution in [0.25, 0.3) is 5.69 Å². The summed E-state index contributed by atoms with van der Waals surface area (Å²) in [6.45, 7) is 4.01. The van der Waals surface area contributed by atoms with Crippen molar-refractivity contribution in [1.82, 2.24) is 20.0 Å². The lowest BCUT2D eigenvalue weighted by Crippen LogP contribution is -2.49. The highest BCUT2D eigenvalue weighted by Crippen LogP contribution is 2.30. The normalized spacial score (nSPS) is 24.2. The zero-order valence-electron chi connectivity index (χ0n) is 16.2. The average Bonchev–Trinajstić information content (AvgIpc) is 3.14. The van der Waals surface area contributed by atoms with Crippen LogP contribution < -0.4 is 5.32 Å². The molecule has 5 nitrogen and oxygen atoms in total. The van der Waals surface area contributed by atoms with Gasteiger partial charge in [-0.15, -0.1) is 0 Å². The molecular weight excluding hydrogens is 360 g/mol. The van der Waals surface area contributed by atoms with Gasteiger partial charge in [-0.2, -0.15) is 5.10 Å². The van der Waals surface area contributed by atoms with Crippen molar-refractivity contribution in [1.29, 1.82) is 0 Å². The summed E-state index contributed by atoms with van der Waals surface area (Å²) >= 11 is 5.99. The van der Waals surface area contributed by atoms with E-state index in [0.29, 0.717) is 29.6 Å². The predicted molar refractivity (Wildman–Crippen MR) is 107 cm³/mol. The molecule has 3 heterocycles. The minimum absolute atomic E-state index is 0.183. The third kappa shape index (κ3) is 3.63. The van der Waals surface area contributed by atoms with Gasteiger partial charge >= 0.3 is 0 Å². The molecule has 2 aromatic rings. The van der Waals surface area contributed by atoms with Crippen molar-refractivity contribution >= 4 is 17.5 Å². The molecule has 0 saturated carbocycles. The fourth-order valence-electron chi connectivity index (χ4n) is 4.59. The summed E-state index contributed by atoms with van der Waals surface area (Å²) in [5, 5.41) is 9.01. The molecule has 2 unspecified atom stereocenters. The van der Waals surface area contributed by atoms with Gasteiger partial charge in [0.25, 0.3) is 0 Å². The third-order valence-corrected chi connectivity index (χ3v) is 6.48. The number of aryl methyl sites for hydroxylation is 1. The zero-order chi connectivity index (χ0) is 19.1. The number of piperidine rings is 1. The molecule has 1 N–H and O–H groups in total. The van der Waals surface area contributed by atoms with Gasteiger partial charge < -0.3 is 10.2 Å². The molecule has 0 aliphatic carbocycles. The van der Waals surface area contributed by atoms with Gasteiger partial charge in [0.1, 0.15) is 0 Å². The number of aromatic nitrogens is 2. The number of likely N-dealkylation sites (N-methyl/N-ethyl adjacent to an activating group) is 1. The second-order valence-corrected chi connectivity index (χ2v) is 8.42. The van der Waals surface area contributed by atoms with Gasteiger partial charge in [-0.05, 0) is 63.8 Å². The number of fused-ring (bicyclic) bond motifs is 2.